The van der Waals surface area contributed by atoms with Crippen LogP contribution in [0.15, 0.2) is 0 Å². The van der Waals surface area contributed by atoms with E-state index in [1.165, 1.54) is 0 Å². The smallest absolute Gasteiger partial charge is 0.225 e. The van der Waals surface area contributed by atoms with E-state index in [4.69, 9.17) is 4.74 Å². The summed E-state index contributed by atoms with van der Waals surface area (Å²) in [5.41, 5.74) is -0.919. The number of piperazine rings is 1. The summed E-state index contributed by atoms with van der Waals surface area (Å²) in [4.78, 5) is 16.2. The van der Waals surface area contributed by atoms with Crippen LogP contribution in [-0.2, 0) is 9.53 Å². The SMILES string of the molecule is CC(C)(O)CC(=O)N1CCN2CCOC[C@@H]2C1. The number of rotatable bonds is 2. The molecule has 17 heavy (non-hydrogen) atoms. The molecule has 0 saturated carbocycles. The van der Waals surface area contributed by atoms with Gasteiger partial charge in [0, 0.05) is 26.2 Å². The molecule has 0 aliphatic carbocycles. The maximum absolute atomic E-state index is 12.0. The molecule has 0 unspecified atom stereocenters. The highest BCUT2D eigenvalue weighted by atomic mass is 16.5. The molecule has 0 aromatic heterocycles. The predicted molar refractivity (Wildman–Crippen MR) is 63.7 cm³/mol. The van der Waals surface area contributed by atoms with Crippen molar-refractivity contribution in [2.45, 2.75) is 31.9 Å². The molecule has 1 N–H and O–H groups in total. The van der Waals surface area contributed by atoms with Gasteiger partial charge >= 0.3 is 0 Å². The Bertz CT molecular complexity index is 288. The average molecular weight is 242 g/mol. The molecule has 2 aliphatic heterocycles. The summed E-state index contributed by atoms with van der Waals surface area (Å²) in [6, 6.07) is 0.336. The minimum Gasteiger partial charge on any atom is -0.390 e. The summed E-state index contributed by atoms with van der Waals surface area (Å²) in [5.74, 6) is 0.0442. The van der Waals surface area contributed by atoms with Gasteiger partial charge < -0.3 is 14.7 Å². The van der Waals surface area contributed by atoms with Crippen molar-refractivity contribution in [3.05, 3.63) is 0 Å². The molecule has 2 saturated heterocycles. The minimum atomic E-state index is -0.919. The third-order valence-corrected chi connectivity index (χ3v) is 3.37. The summed E-state index contributed by atoms with van der Waals surface area (Å²) < 4.78 is 5.44. The Morgan fingerprint density at radius 2 is 2.18 bits per heavy atom. The van der Waals surface area contributed by atoms with Crippen LogP contribution in [0.25, 0.3) is 0 Å². The Labute approximate surface area is 102 Å². The molecule has 0 aromatic carbocycles. The lowest BCUT2D eigenvalue weighted by atomic mass is 10.0. The maximum atomic E-state index is 12.0. The molecule has 5 heteroatoms. The van der Waals surface area contributed by atoms with Crippen LogP contribution in [0.4, 0.5) is 0 Å². The van der Waals surface area contributed by atoms with E-state index in [-0.39, 0.29) is 12.3 Å². The van der Waals surface area contributed by atoms with Crippen LogP contribution >= 0.6 is 0 Å². The van der Waals surface area contributed by atoms with E-state index >= 15 is 0 Å². The van der Waals surface area contributed by atoms with Gasteiger partial charge in [-0.15, -0.1) is 0 Å². The molecule has 2 rings (SSSR count). The lowest BCUT2D eigenvalue weighted by Gasteiger charge is -2.44. The Morgan fingerprint density at radius 1 is 1.41 bits per heavy atom. The van der Waals surface area contributed by atoms with Crippen LogP contribution in [0, 0.1) is 0 Å². The first kappa shape index (κ1) is 12.8. The van der Waals surface area contributed by atoms with Crippen LogP contribution in [0.2, 0.25) is 0 Å². The van der Waals surface area contributed by atoms with Gasteiger partial charge in [-0.2, -0.15) is 0 Å². The standard InChI is InChI=1S/C12H22N2O3/c1-12(2,16)7-11(15)14-4-3-13-5-6-17-9-10(13)8-14/h10,16H,3-9H2,1-2H3/t10-/m0/s1. The first-order valence-electron chi connectivity index (χ1n) is 6.28. The highest BCUT2D eigenvalue weighted by molar-refractivity contribution is 5.77. The molecule has 0 bridgehead atoms. The zero-order valence-corrected chi connectivity index (χ0v) is 10.7. The minimum absolute atomic E-state index is 0.0442. The summed E-state index contributed by atoms with van der Waals surface area (Å²) in [6.45, 7) is 8.25. The number of carbonyl (C=O) groups is 1. The van der Waals surface area contributed by atoms with Gasteiger partial charge in [-0.05, 0) is 13.8 Å². The monoisotopic (exact) mass is 242 g/mol. The van der Waals surface area contributed by atoms with Crippen LogP contribution < -0.4 is 0 Å². The first-order chi connectivity index (χ1) is 7.96. The fourth-order valence-electron chi connectivity index (χ4n) is 2.45. The third-order valence-electron chi connectivity index (χ3n) is 3.37. The van der Waals surface area contributed by atoms with Gasteiger partial charge in [0.25, 0.3) is 0 Å². The van der Waals surface area contributed by atoms with Crippen molar-refractivity contribution in [1.82, 2.24) is 9.80 Å². The van der Waals surface area contributed by atoms with Crippen molar-refractivity contribution in [3.8, 4) is 0 Å². The van der Waals surface area contributed by atoms with Gasteiger partial charge in [-0.25, -0.2) is 0 Å². The van der Waals surface area contributed by atoms with Crippen molar-refractivity contribution in [2.24, 2.45) is 0 Å². The van der Waals surface area contributed by atoms with E-state index in [1.807, 2.05) is 4.90 Å². The number of hydrogen-bond acceptors (Lipinski definition) is 4. The van der Waals surface area contributed by atoms with Gasteiger partial charge in [0.15, 0.2) is 0 Å². The first-order valence-corrected chi connectivity index (χ1v) is 6.28. The molecule has 2 fully saturated rings. The molecule has 1 amide bonds. The number of aliphatic hydroxyl groups is 1. The Morgan fingerprint density at radius 3 is 2.88 bits per heavy atom. The lowest BCUT2D eigenvalue weighted by Crippen LogP contribution is -2.59. The third kappa shape index (κ3) is 3.40. The quantitative estimate of drug-likeness (QED) is 0.722. The van der Waals surface area contributed by atoms with Crippen molar-refractivity contribution >= 4 is 5.91 Å². The molecule has 5 nitrogen and oxygen atoms in total. The van der Waals surface area contributed by atoms with Gasteiger partial charge in [0.05, 0.1) is 31.3 Å². The molecular formula is C12H22N2O3. The van der Waals surface area contributed by atoms with Crippen LogP contribution in [-0.4, -0.2) is 71.8 Å². The Hall–Kier alpha value is -0.650. The van der Waals surface area contributed by atoms with Crippen LogP contribution in [0.5, 0.6) is 0 Å². The largest absolute Gasteiger partial charge is 0.390 e. The maximum Gasteiger partial charge on any atom is 0.225 e. The van der Waals surface area contributed by atoms with E-state index < -0.39 is 5.60 Å². The summed E-state index contributed by atoms with van der Waals surface area (Å²) >= 11 is 0. The van der Waals surface area contributed by atoms with E-state index in [2.05, 4.69) is 4.90 Å². The number of carbonyl (C=O) groups excluding carboxylic acids is 1. The van der Waals surface area contributed by atoms with E-state index in [1.54, 1.807) is 13.8 Å². The highest BCUT2D eigenvalue weighted by Gasteiger charge is 2.32. The molecule has 2 heterocycles. The lowest BCUT2D eigenvalue weighted by molar-refractivity contribution is -0.140. The van der Waals surface area contributed by atoms with E-state index in [9.17, 15) is 9.90 Å². The summed E-state index contributed by atoms with van der Waals surface area (Å²) in [7, 11) is 0. The number of fused-ring (bicyclic) bond motifs is 1. The van der Waals surface area contributed by atoms with Crippen molar-refractivity contribution in [3.63, 3.8) is 0 Å². The molecule has 2 aliphatic rings. The van der Waals surface area contributed by atoms with Crippen molar-refractivity contribution in [1.29, 1.82) is 0 Å². The van der Waals surface area contributed by atoms with Gasteiger partial charge in [-0.1, -0.05) is 0 Å². The van der Waals surface area contributed by atoms with Gasteiger partial charge in [0.1, 0.15) is 0 Å². The Kier molecular flexibility index (Phi) is 3.70. The Balaban J connectivity index is 1.89. The number of nitrogens with zero attached hydrogens (tertiary/aromatic N) is 2. The van der Waals surface area contributed by atoms with Gasteiger partial charge in [-0.3, -0.25) is 9.69 Å². The van der Waals surface area contributed by atoms with Crippen LogP contribution in [0.1, 0.15) is 20.3 Å². The van der Waals surface area contributed by atoms with E-state index in [0.29, 0.717) is 12.6 Å². The molecule has 1 atom stereocenters. The second kappa shape index (κ2) is 4.92. The molecule has 0 aromatic rings. The molecule has 98 valence electrons. The zero-order valence-electron chi connectivity index (χ0n) is 10.7. The molecule has 0 radical (unpaired) electrons. The molecule has 0 spiro atoms. The second-order valence-corrected chi connectivity index (χ2v) is 5.59. The average Bonchev–Trinajstić information content (AvgIpc) is 2.26. The van der Waals surface area contributed by atoms with Crippen molar-refractivity contribution in [2.75, 3.05) is 39.4 Å². The zero-order chi connectivity index (χ0) is 12.5. The fourth-order valence-corrected chi connectivity index (χ4v) is 2.45. The summed E-state index contributed by atoms with van der Waals surface area (Å²) in [6.07, 6.45) is 0.195. The summed E-state index contributed by atoms with van der Waals surface area (Å²) in [5, 5.41) is 9.67. The number of morpholine rings is 1. The normalized spacial score (nSPS) is 26.8. The number of hydrogen-bond donors (Lipinski definition) is 1. The highest BCUT2D eigenvalue weighted by Crippen LogP contribution is 2.17. The second-order valence-electron chi connectivity index (χ2n) is 5.59. The fraction of sp³-hybridized carbons (Fsp3) is 0.917. The number of ether oxygens (including phenoxy) is 1. The number of amides is 1. The van der Waals surface area contributed by atoms with E-state index in [0.717, 1.165) is 32.8 Å². The topological polar surface area (TPSA) is 53.0 Å². The molecular weight excluding hydrogens is 220 g/mol. The predicted octanol–water partition coefficient (Wildman–Crippen LogP) is -0.310. The van der Waals surface area contributed by atoms with Crippen molar-refractivity contribution < 1.29 is 14.6 Å². The van der Waals surface area contributed by atoms with Crippen LogP contribution in [0.3, 0.4) is 0 Å². The van der Waals surface area contributed by atoms with Gasteiger partial charge in [0.2, 0.25) is 5.91 Å².